The summed E-state index contributed by atoms with van der Waals surface area (Å²) in [6.07, 6.45) is 3.06. The van der Waals surface area contributed by atoms with Gasteiger partial charge in [0.15, 0.2) is 0 Å². The van der Waals surface area contributed by atoms with Crippen LogP contribution in [0.25, 0.3) is 10.9 Å². The van der Waals surface area contributed by atoms with Gasteiger partial charge in [0.05, 0.1) is 5.56 Å². The second-order valence-corrected chi connectivity index (χ2v) is 7.63. The SMILES string of the molecule is O=C(c1cc(=O)[nH]c2ccccc12)N1CCCC(CCc2ccc(F)cc2F)C1. The Morgan fingerprint density at radius 3 is 2.79 bits per heavy atom. The number of likely N-dealkylation sites (tertiary alicyclic amines) is 1. The minimum Gasteiger partial charge on any atom is -0.338 e. The van der Waals surface area contributed by atoms with Gasteiger partial charge in [0.25, 0.3) is 5.91 Å². The molecule has 0 bridgehead atoms. The summed E-state index contributed by atoms with van der Waals surface area (Å²) in [7, 11) is 0. The average molecular weight is 396 g/mol. The van der Waals surface area contributed by atoms with Crippen LogP contribution in [0.1, 0.15) is 35.2 Å². The van der Waals surface area contributed by atoms with Crippen LogP contribution in [0.2, 0.25) is 0 Å². The number of piperidine rings is 1. The molecule has 0 aliphatic carbocycles. The smallest absolute Gasteiger partial charge is 0.254 e. The van der Waals surface area contributed by atoms with E-state index in [2.05, 4.69) is 4.98 Å². The number of rotatable bonds is 4. The molecule has 29 heavy (non-hydrogen) atoms. The first-order chi connectivity index (χ1) is 14.0. The Morgan fingerprint density at radius 1 is 1.14 bits per heavy atom. The molecule has 1 aromatic heterocycles. The number of aromatic nitrogens is 1. The van der Waals surface area contributed by atoms with Gasteiger partial charge in [-0.25, -0.2) is 8.78 Å². The third kappa shape index (κ3) is 4.21. The summed E-state index contributed by atoms with van der Waals surface area (Å²) in [6.45, 7) is 1.21. The number of nitrogens with one attached hydrogen (secondary N) is 1. The number of fused-ring (bicyclic) bond motifs is 1. The molecule has 3 aromatic rings. The fourth-order valence-corrected chi connectivity index (χ4v) is 4.12. The van der Waals surface area contributed by atoms with Crippen molar-refractivity contribution in [2.75, 3.05) is 13.1 Å². The van der Waals surface area contributed by atoms with Crippen LogP contribution in [-0.2, 0) is 6.42 Å². The van der Waals surface area contributed by atoms with Crippen LogP contribution in [0.15, 0.2) is 53.3 Å². The maximum absolute atomic E-state index is 13.9. The summed E-state index contributed by atoms with van der Waals surface area (Å²) in [6, 6.07) is 12.3. The van der Waals surface area contributed by atoms with Gasteiger partial charge in [-0.1, -0.05) is 24.3 Å². The number of amides is 1. The lowest BCUT2D eigenvalue weighted by Crippen LogP contribution is -2.40. The van der Waals surface area contributed by atoms with E-state index in [0.29, 0.717) is 36.2 Å². The Labute approximate surface area is 167 Å². The normalized spacial score (nSPS) is 16.9. The van der Waals surface area contributed by atoms with Crippen molar-refractivity contribution in [2.45, 2.75) is 25.7 Å². The van der Waals surface area contributed by atoms with Crippen molar-refractivity contribution in [1.82, 2.24) is 9.88 Å². The molecule has 1 amide bonds. The number of nitrogens with zero attached hydrogens (tertiary/aromatic N) is 1. The lowest BCUT2D eigenvalue weighted by Gasteiger charge is -2.33. The van der Waals surface area contributed by atoms with E-state index in [1.807, 2.05) is 18.2 Å². The Morgan fingerprint density at radius 2 is 1.97 bits per heavy atom. The quantitative estimate of drug-likeness (QED) is 0.715. The second-order valence-electron chi connectivity index (χ2n) is 7.63. The van der Waals surface area contributed by atoms with E-state index in [0.717, 1.165) is 30.7 Å². The minimum absolute atomic E-state index is 0.148. The molecular weight excluding hydrogens is 374 g/mol. The van der Waals surface area contributed by atoms with E-state index >= 15 is 0 Å². The molecule has 6 heteroatoms. The van der Waals surface area contributed by atoms with Gasteiger partial charge < -0.3 is 9.88 Å². The van der Waals surface area contributed by atoms with E-state index < -0.39 is 11.6 Å². The highest BCUT2D eigenvalue weighted by Gasteiger charge is 2.26. The van der Waals surface area contributed by atoms with Crippen LogP contribution < -0.4 is 5.56 Å². The van der Waals surface area contributed by atoms with Crippen LogP contribution in [0.3, 0.4) is 0 Å². The summed E-state index contributed by atoms with van der Waals surface area (Å²) in [5.74, 6) is -1.01. The number of hydrogen-bond donors (Lipinski definition) is 1. The fourth-order valence-electron chi connectivity index (χ4n) is 4.12. The van der Waals surface area contributed by atoms with Crippen LogP contribution in [0, 0.1) is 17.6 Å². The maximum atomic E-state index is 13.9. The molecule has 4 nitrogen and oxygen atoms in total. The molecular formula is C23H22F2N2O2. The Hall–Kier alpha value is -3.02. The molecule has 150 valence electrons. The van der Waals surface area contributed by atoms with Crippen LogP contribution in [-0.4, -0.2) is 28.9 Å². The highest BCUT2D eigenvalue weighted by molar-refractivity contribution is 6.05. The van der Waals surface area contributed by atoms with Gasteiger partial charge in [0.2, 0.25) is 5.56 Å². The van der Waals surface area contributed by atoms with Crippen molar-refractivity contribution in [3.63, 3.8) is 0 Å². The number of para-hydroxylation sites is 1. The number of H-pyrrole nitrogens is 1. The first-order valence-electron chi connectivity index (χ1n) is 9.86. The van der Waals surface area contributed by atoms with Gasteiger partial charge in [0.1, 0.15) is 11.6 Å². The van der Waals surface area contributed by atoms with Crippen molar-refractivity contribution in [1.29, 1.82) is 0 Å². The predicted octanol–water partition coefficient (Wildman–Crippen LogP) is 4.29. The first-order valence-corrected chi connectivity index (χ1v) is 9.86. The Bertz CT molecular complexity index is 1110. The van der Waals surface area contributed by atoms with Crippen molar-refractivity contribution < 1.29 is 13.6 Å². The largest absolute Gasteiger partial charge is 0.338 e. The van der Waals surface area contributed by atoms with Gasteiger partial charge in [-0.15, -0.1) is 0 Å². The first kappa shape index (κ1) is 19.3. The summed E-state index contributed by atoms with van der Waals surface area (Å²) in [5.41, 5.74) is 1.25. The molecule has 1 aliphatic rings. The van der Waals surface area contributed by atoms with Crippen LogP contribution in [0.5, 0.6) is 0 Å². The number of carbonyl (C=O) groups is 1. The molecule has 1 fully saturated rings. The molecule has 2 aromatic carbocycles. The van der Waals surface area contributed by atoms with E-state index in [4.69, 9.17) is 0 Å². The molecule has 0 spiro atoms. The molecule has 1 aliphatic heterocycles. The molecule has 4 rings (SSSR count). The molecule has 1 unspecified atom stereocenters. The van der Waals surface area contributed by atoms with E-state index in [1.165, 1.54) is 18.2 Å². The highest BCUT2D eigenvalue weighted by Crippen LogP contribution is 2.25. The summed E-state index contributed by atoms with van der Waals surface area (Å²) in [4.78, 5) is 29.7. The third-order valence-electron chi connectivity index (χ3n) is 5.62. The molecule has 2 heterocycles. The molecule has 0 radical (unpaired) electrons. The standard InChI is InChI=1S/C23H22F2N2O2/c24-17-10-9-16(20(25)12-17)8-7-15-4-3-11-27(14-15)23(29)19-13-22(28)26-21-6-2-1-5-18(19)21/h1-2,5-6,9-10,12-13,15H,3-4,7-8,11,14H2,(H,26,28). The lowest BCUT2D eigenvalue weighted by atomic mass is 9.91. The predicted molar refractivity (Wildman–Crippen MR) is 108 cm³/mol. The molecule has 1 atom stereocenters. The summed E-state index contributed by atoms with van der Waals surface area (Å²) >= 11 is 0. The number of halogens is 2. The second kappa shape index (κ2) is 8.15. The van der Waals surface area contributed by atoms with Gasteiger partial charge in [-0.05, 0) is 49.3 Å². The van der Waals surface area contributed by atoms with E-state index in [1.54, 1.807) is 11.0 Å². The fraction of sp³-hybridized carbons (Fsp3) is 0.304. The Kier molecular flexibility index (Phi) is 5.43. The summed E-state index contributed by atoms with van der Waals surface area (Å²) in [5, 5.41) is 0.729. The lowest BCUT2D eigenvalue weighted by molar-refractivity contribution is 0.0670. The van der Waals surface area contributed by atoms with Gasteiger partial charge in [-0.2, -0.15) is 0 Å². The topological polar surface area (TPSA) is 53.2 Å². The van der Waals surface area contributed by atoms with Gasteiger partial charge in [0, 0.05) is 36.1 Å². The van der Waals surface area contributed by atoms with E-state index in [-0.39, 0.29) is 17.4 Å². The molecule has 0 saturated carbocycles. The monoisotopic (exact) mass is 396 g/mol. The Balaban J connectivity index is 1.48. The highest BCUT2D eigenvalue weighted by atomic mass is 19.1. The van der Waals surface area contributed by atoms with Crippen molar-refractivity contribution in [2.24, 2.45) is 5.92 Å². The van der Waals surface area contributed by atoms with Crippen LogP contribution in [0.4, 0.5) is 8.78 Å². The minimum atomic E-state index is -0.578. The molecule has 1 saturated heterocycles. The number of carbonyl (C=O) groups excluding carboxylic acids is 1. The average Bonchev–Trinajstić information content (AvgIpc) is 2.72. The van der Waals surface area contributed by atoms with Gasteiger partial charge >= 0.3 is 0 Å². The number of hydrogen-bond acceptors (Lipinski definition) is 2. The van der Waals surface area contributed by atoms with Crippen LogP contribution >= 0.6 is 0 Å². The van der Waals surface area contributed by atoms with Crippen molar-refractivity contribution in [3.8, 4) is 0 Å². The maximum Gasteiger partial charge on any atom is 0.254 e. The van der Waals surface area contributed by atoms with E-state index in [9.17, 15) is 18.4 Å². The number of benzene rings is 2. The zero-order valence-electron chi connectivity index (χ0n) is 16.0. The number of aromatic amines is 1. The molecule has 1 N–H and O–H groups in total. The van der Waals surface area contributed by atoms with Gasteiger partial charge in [-0.3, -0.25) is 9.59 Å². The summed E-state index contributed by atoms with van der Waals surface area (Å²) < 4.78 is 27.0. The van der Waals surface area contributed by atoms with Crippen molar-refractivity contribution >= 4 is 16.8 Å². The van der Waals surface area contributed by atoms with Crippen molar-refractivity contribution in [3.05, 3.63) is 81.6 Å². The zero-order chi connectivity index (χ0) is 20.4. The number of pyridine rings is 1. The number of aryl methyl sites for hydroxylation is 1. The zero-order valence-corrected chi connectivity index (χ0v) is 16.0. The third-order valence-corrected chi connectivity index (χ3v) is 5.62.